The van der Waals surface area contributed by atoms with Crippen molar-refractivity contribution in [2.24, 2.45) is 0 Å². The van der Waals surface area contributed by atoms with Crippen molar-refractivity contribution in [3.63, 3.8) is 0 Å². The fraction of sp³-hybridized carbons (Fsp3) is 0.0500. The lowest BCUT2D eigenvalue weighted by Gasteiger charge is -2.14. The number of nitrogen functional groups attached to an aromatic ring is 2. The Morgan fingerprint density at radius 1 is 0.880 bits per heavy atom. The molecule has 5 N–H and O–H groups in total. The van der Waals surface area contributed by atoms with E-state index in [-0.39, 0.29) is 6.61 Å². The largest absolute Gasteiger partial charge is 0.444 e. The van der Waals surface area contributed by atoms with Crippen LogP contribution >= 0.6 is 0 Å². The van der Waals surface area contributed by atoms with E-state index in [2.05, 4.69) is 5.32 Å². The van der Waals surface area contributed by atoms with Gasteiger partial charge in [0.05, 0.1) is 11.4 Å². The summed E-state index contributed by atoms with van der Waals surface area (Å²) < 4.78 is 5.27. The zero-order valence-electron chi connectivity index (χ0n) is 13.6. The Morgan fingerprint density at radius 2 is 1.60 bits per heavy atom. The number of hydrogen-bond donors (Lipinski definition) is 3. The van der Waals surface area contributed by atoms with Gasteiger partial charge in [0.15, 0.2) is 0 Å². The first-order valence-electron chi connectivity index (χ1n) is 7.85. The quantitative estimate of drug-likeness (QED) is 0.622. The maximum absolute atomic E-state index is 12.2. The molecular formula is C20H19N3O2. The van der Waals surface area contributed by atoms with Crippen LogP contribution < -0.4 is 16.8 Å². The third-order valence-electron chi connectivity index (χ3n) is 3.76. The number of carbonyl (C=O) groups is 1. The molecule has 0 saturated carbocycles. The molecule has 0 saturated heterocycles. The molecule has 0 bridgehead atoms. The monoisotopic (exact) mass is 333 g/mol. The van der Waals surface area contributed by atoms with Crippen LogP contribution in [0, 0.1) is 0 Å². The molecule has 126 valence electrons. The Balaban J connectivity index is 1.77. The molecule has 0 aliphatic heterocycles. The van der Waals surface area contributed by atoms with Gasteiger partial charge in [0, 0.05) is 11.3 Å². The van der Waals surface area contributed by atoms with Crippen LogP contribution in [0.1, 0.15) is 5.56 Å². The Labute approximate surface area is 146 Å². The molecule has 0 spiro atoms. The molecule has 5 heteroatoms. The Bertz CT molecular complexity index is 862. The molecule has 3 rings (SSSR count). The van der Waals surface area contributed by atoms with Crippen LogP contribution in [0.25, 0.3) is 11.1 Å². The Hall–Kier alpha value is -3.47. The van der Waals surface area contributed by atoms with E-state index in [1.807, 2.05) is 54.6 Å². The molecule has 25 heavy (non-hydrogen) atoms. The number of nitrogens with one attached hydrogen (secondary N) is 1. The molecule has 3 aromatic carbocycles. The zero-order chi connectivity index (χ0) is 17.6. The van der Waals surface area contributed by atoms with Gasteiger partial charge >= 0.3 is 6.09 Å². The zero-order valence-corrected chi connectivity index (χ0v) is 13.6. The molecule has 0 fully saturated rings. The van der Waals surface area contributed by atoms with Gasteiger partial charge in [-0.05, 0) is 29.3 Å². The lowest BCUT2D eigenvalue weighted by molar-refractivity contribution is 0.155. The van der Waals surface area contributed by atoms with Gasteiger partial charge in [-0.1, -0.05) is 54.6 Å². The SMILES string of the molecule is Nc1ccc(-c2cccc(N)c2NC(=O)OCc2ccccc2)cc1. The number of para-hydroxylation sites is 1. The average molecular weight is 333 g/mol. The van der Waals surface area contributed by atoms with E-state index >= 15 is 0 Å². The number of amides is 1. The number of rotatable bonds is 4. The van der Waals surface area contributed by atoms with E-state index in [4.69, 9.17) is 16.2 Å². The predicted octanol–water partition coefficient (Wildman–Crippen LogP) is 4.27. The molecular weight excluding hydrogens is 314 g/mol. The highest BCUT2D eigenvalue weighted by Gasteiger charge is 2.12. The predicted molar refractivity (Wildman–Crippen MR) is 101 cm³/mol. The number of carbonyl (C=O) groups excluding carboxylic acids is 1. The third kappa shape index (κ3) is 4.09. The first-order chi connectivity index (χ1) is 12.1. The smallest absolute Gasteiger partial charge is 0.412 e. The second kappa shape index (κ2) is 7.40. The van der Waals surface area contributed by atoms with Gasteiger partial charge in [0.1, 0.15) is 6.61 Å². The van der Waals surface area contributed by atoms with E-state index in [0.717, 1.165) is 16.7 Å². The molecule has 0 radical (unpaired) electrons. The summed E-state index contributed by atoms with van der Waals surface area (Å²) in [5, 5.41) is 2.74. The minimum absolute atomic E-state index is 0.191. The van der Waals surface area contributed by atoms with Gasteiger partial charge < -0.3 is 16.2 Å². The van der Waals surface area contributed by atoms with E-state index < -0.39 is 6.09 Å². The lowest BCUT2D eigenvalue weighted by Crippen LogP contribution is -2.15. The molecule has 0 aliphatic rings. The summed E-state index contributed by atoms with van der Waals surface area (Å²) in [6.45, 7) is 0.191. The van der Waals surface area contributed by atoms with Gasteiger partial charge in [0.2, 0.25) is 0 Å². The summed E-state index contributed by atoms with van der Waals surface area (Å²) >= 11 is 0. The number of benzene rings is 3. The second-order valence-corrected chi connectivity index (χ2v) is 5.58. The summed E-state index contributed by atoms with van der Waals surface area (Å²) in [7, 11) is 0. The molecule has 0 atom stereocenters. The van der Waals surface area contributed by atoms with Gasteiger partial charge in [-0.2, -0.15) is 0 Å². The standard InChI is InChI=1S/C20H19N3O2/c21-16-11-9-15(10-12-16)17-7-4-8-18(22)19(17)23-20(24)25-13-14-5-2-1-3-6-14/h1-12H,13,21-22H2,(H,23,24). The van der Waals surface area contributed by atoms with Crippen molar-refractivity contribution >= 4 is 23.2 Å². The fourth-order valence-corrected chi connectivity index (χ4v) is 2.47. The maximum Gasteiger partial charge on any atom is 0.412 e. The topological polar surface area (TPSA) is 90.4 Å². The number of ether oxygens (including phenoxy) is 1. The number of nitrogens with two attached hydrogens (primary N) is 2. The van der Waals surface area contributed by atoms with E-state index in [1.165, 1.54) is 0 Å². The highest BCUT2D eigenvalue weighted by atomic mass is 16.5. The molecule has 0 unspecified atom stereocenters. The van der Waals surface area contributed by atoms with Gasteiger partial charge in [-0.3, -0.25) is 5.32 Å². The first-order valence-corrected chi connectivity index (χ1v) is 7.85. The van der Waals surface area contributed by atoms with Crippen molar-refractivity contribution in [3.8, 4) is 11.1 Å². The summed E-state index contributed by atoms with van der Waals surface area (Å²) in [5.74, 6) is 0. The second-order valence-electron chi connectivity index (χ2n) is 5.58. The van der Waals surface area contributed by atoms with Crippen molar-refractivity contribution in [1.82, 2.24) is 0 Å². The van der Waals surface area contributed by atoms with Crippen LogP contribution in [0.4, 0.5) is 21.9 Å². The van der Waals surface area contributed by atoms with Crippen molar-refractivity contribution < 1.29 is 9.53 Å². The van der Waals surface area contributed by atoms with Crippen LogP contribution in [-0.2, 0) is 11.3 Å². The highest BCUT2D eigenvalue weighted by molar-refractivity contribution is 5.96. The average Bonchev–Trinajstić information content (AvgIpc) is 2.63. The summed E-state index contributed by atoms with van der Waals surface area (Å²) in [6.07, 6.45) is -0.557. The molecule has 5 nitrogen and oxygen atoms in total. The van der Waals surface area contributed by atoms with E-state index in [9.17, 15) is 4.79 Å². The van der Waals surface area contributed by atoms with Crippen molar-refractivity contribution in [2.45, 2.75) is 6.61 Å². The maximum atomic E-state index is 12.2. The molecule has 3 aromatic rings. The highest BCUT2D eigenvalue weighted by Crippen LogP contribution is 2.33. The number of anilines is 3. The van der Waals surface area contributed by atoms with E-state index in [0.29, 0.717) is 17.1 Å². The van der Waals surface area contributed by atoms with Crippen molar-refractivity contribution in [2.75, 3.05) is 16.8 Å². The molecule has 0 aromatic heterocycles. The third-order valence-corrected chi connectivity index (χ3v) is 3.76. The summed E-state index contributed by atoms with van der Waals surface area (Å²) in [5.41, 5.74) is 16.1. The minimum Gasteiger partial charge on any atom is -0.444 e. The van der Waals surface area contributed by atoms with Crippen LogP contribution in [0.15, 0.2) is 72.8 Å². The van der Waals surface area contributed by atoms with Crippen LogP contribution in [-0.4, -0.2) is 6.09 Å². The van der Waals surface area contributed by atoms with Gasteiger partial charge in [-0.25, -0.2) is 4.79 Å². The Kier molecular flexibility index (Phi) is 4.85. The summed E-state index contributed by atoms with van der Waals surface area (Å²) in [4.78, 5) is 12.2. The van der Waals surface area contributed by atoms with Crippen LogP contribution in [0.2, 0.25) is 0 Å². The normalized spacial score (nSPS) is 10.2. The van der Waals surface area contributed by atoms with Crippen molar-refractivity contribution in [1.29, 1.82) is 0 Å². The Morgan fingerprint density at radius 3 is 2.32 bits per heavy atom. The van der Waals surface area contributed by atoms with Crippen LogP contribution in [0.3, 0.4) is 0 Å². The fourth-order valence-electron chi connectivity index (χ4n) is 2.47. The van der Waals surface area contributed by atoms with Gasteiger partial charge in [-0.15, -0.1) is 0 Å². The molecule has 0 aliphatic carbocycles. The van der Waals surface area contributed by atoms with E-state index in [1.54, 1.807) is 18.2 Å². The summed E-state index contributed by atoms with van der Waals surface area (Å²) in [6, 6.07) is 22.3. The van der Waals surface area contributed by atoms with Crippen LogP contribution in [0.5, 0.6) is 0 Å². The lowest BCUT2D eigenvalue weighted by atomic mass is 10.0. The number of hydrogen-bond acceptors (Lipinski definition) is 4. The van der Waals surface area contributed by atoms with Gasteiger partial charge in [0.25, 0.3) is 0 Å². The minimum atomic E-state index is -0.557. The first kappa shape index (κ1) is 16.4. The molecule has 0 heterocycles. The van der Waals surface area contributed by atoms with Crippen molar-refractivity contribution in [3.05, 3.63) is 78.4 Å². The molecule has 1 amide bonds.